The first-order chi connectivity index (χ1) is 10.2. The summed E-state index contributed by atoms with van der Waals surface area (Å²) in [4.78, 5) is 15.3. The van der Waals surface area contributed by atoms with Crippen LogP contribution in [0.2, 0.25) is 0 Å². The van der Waals surface area contributed by atoms with Gasteiger partial charge in [0, 0.05) is 26.3 Å². The summed E-state index contributed by atoms with van der Waals surface area (Å²) < 4.78 is 10.5. The highest BCUT2D eigenvalue weighted by Gasteiger charge is 2.06. The van der Waals surface area contributed by atoms with E-state index in [9.17, 15) is 4.79 Å². The molecule has 0 aliphatic rings. The number of primary amides is 1. The van der Waals surface area contributed by atoms with Crippen LogP contribution >= 0.6 is 0 Å². The lowest BCUT2D eigenvalue weighted by Gasteiger charge is -2.10. The Hall–Kier alpha value is -2.02. The number of hydrogen-bond donors (Lipinski definition) is 3. The maximum absolute atomic E-state index is 10.9. The van der Waals surface area contributed by atoms with Crippen LogP contribution in [0.5, 0.6) is 0 Å². The first kappa shape index (κ1) is 17.0. The monoisotopic (exact) mass is 296 g/mol. The van der Waals surface area contributed by atoms with Gasteiger partial charge in [-0.1, -0.05) is 0 Å². The van der Waals surface area contributed by atoms with Gasteiger partial charge in [-0.15, -0.1) is 0 Å². The molecule has 21 heavy (non-hydrogen) atoms. The van der Waals surface area contributed by atoms with Crippen LogP contribution in [0, 0.1) is 0 Å². The molecule has 0 bridgehead atoms. The van der Waals surface area contributed by atoms with E-state index in [1.165, 1.54) is 0 Å². The molecule has 0 spiro atoms. The number of nitrogens with one attached hydrogen (secondary N) is 2. The van der Waals surface area contributed by atoms with Gasteiger partial charge >= 0.3 is 0 Å². The number of nitrogens with zero attached hydrogens (tertiary/aromatic N) is 1. The lowest BCUT2D eigenvalue weighted by Crippen LogP contribution is -2.38. The van der Waals surface area contributed by atoms with Gasteiger partial charge in [0.2, 0.25) is 0 Å². The molecule has 0 aromatic carbocycles. The van der Waals surface area contributed by atoms with Crippen molar-refractivity contribution in [3.8, 4) is 0 Å². The minimum absolute atomic E-state index is 0.148. The van der Waals surface area contributed by atoms with Crippen molar-refractivity contribution in [3.63, 3.8) is 0 Å². The molecular weight excluding hydrogens is 272 g/mol. The van der Waals surface area contributed by atoms with E-state index in [0.29, 0.717) is 18.3 Å². The zero-order chi connectivity index (χ0) is 15.5. The van der Waals surface area contributed by atoms with Gasteiger partial charge in [0.05, 0.1) is 0 Å². The molecule has 0 fully saturated rings. The Bertz CT molecular complexity index is 457. The highest BCUT2D eigenvalue weighted by molar-refractivity contribution is 5.89. The molecule has 1 aromatic rings. The minimum atomic E-state index is -0.578. The summed E-state index contributed by atoms with van der Waals surface area (Å²) in [6.07, 6.45) is 0.908. The molecule has 0 saturated carbocycles. The van der Waals surface area contributed by atoms with Crippen molar-refractivity contribution >= 4 is 11.9 Å². The second-order valence-electron chi connectivity index (χ2n) is 4.30. The Labute approximate surface area is 124 Å². The van der Waals surface area contributed by atoms with Gasteiger partial charge in [0.25, 0.3) is 5.91 Å². The number of guanidine groups is 1. The highest BCUT2D eigenvalue weighted by Crippen LogP contribution is 2.08. The molecule has 0 radical (unpaired) electrons. The quantitative estimate of drug-likeness (QED) is 0.356. The van der Waals surface area contributed by atoms with Crippen molar-refractivity contribution in [2.24, 2.45) is 10.7 Å². The Morgan fingerprint density at radius 1 is 1.38 bits per heavy atom. The van der Waals surface area contributed by atoms with Crippen LogP contribution in [0.25, 0.3) is 0 Å². The fraction of sp³-hybridized carbons (Fsp3) is 0.571. The second-order valence-corrected chi connectivity index (χ2v) is 4.30. The predicted molar refractivity (Wildman–Crippen MR) is 81.2 cm³/mol. The summed E-state index contributed by atoms with van der Waals surface area (Å²) in [6.45, 7) is 7.31. The molecule has 7 heteroatoms. The van der Waals surface area contributed by atoms with Gasteiger partial charge in [-0.05, 0) is 32.4 Å². The molecular formula is C14H24N4O3. The van der Waals surface area contributed by atoms with E-state index in [0.717, 1.165) is 32.7 Å². The number of furan rings is 1. The normalized spacial score (nSPS) is 11.4. The molecule has 4 N–H and O–H groups in total. The average Bonchev–Trinajstić information content (AvgIpc) is 2.93. The molecule has 0 aliphatic heterocycles. The lowest BCUT2D eigenvalue weighted by atomic mass is 10.4. The topological polar surface area (TPSA) is 102 Å². The van der Waals surface area contributed by atoms with Crippen molar-refractivity contribution in [2.45, 2.75) is 26.8 Å². The Morgan fingerprint density at radius 2 is 2.19 bits per heavy atom. The summed E-state index contributed by atoms with van der Waals surface area (Å²) in [7, 11) is 0. The smallest absolute Gasteiger partial charge is 0.284 e. The molecule has 0 aliphatic carbocycles. The third kappa shape index (κ3) is 6.80. The maximum atomic E-state index is 10.9. The van der Waals surface area contributed by atoms with Crippen LogP contribution in [0.4, 0.5) is 0 Å². The number of aliphatic imine (C=N–C) groups is 1. The van der Waals surface area contributed by atoms with Crippen molar-refractivity contribution in [1.82, 2.24) is 10.6 Å². The predicted octanol–water partition coefficient (Wildman–Crippen LogP) is 0.860. The van der Waals surface area contributed by atoms with Gasteiger partial charge in [-0.2, -0.15) is 0 Å². The first-order valence-electron chi connectivity index (χ1n) is 7.15. The first-order valence-corrected chi connectivity index (χ1v) is 7.15. The number of hydrogen-bond acceptors (Lipinski definition) is 4. The standard InChI is InChI=1S/C14H24N4O3/c1-3-16-14(17-8-5-9-20-4-2)18-10-11-6-7-12(21-11)13(15)19/h6-7H,3-5,8-10H2,1-2H3,(H2,15,19)(H2,16,17,18). The van der Waals surface area contributed by atoms with Crippen LogP contribution in [0.3, 0.4) is 0 Å². The van der Waals surface area contributed by atoms with Gasteiger partial charge in [0.15, 0.2) is 11.7 Å². The van der Waals surface area contributed by atoms with Gasteiger partial charge in [-0.3, -0.25) is 4.79 Å². The van der Waals surface area contributed by atoms with Crippen LogP contribution in [-0.4, -0.2) is 38.2 Å². The Morgan fingerprint density at radius 3 is 2.81 bits per heavy atom. The third-order valence-corrected chi connectivity index (χ3v) is 2.60. The van der Waals surface area contributed by atoms with Crippen LogP contribution in [-0.2, 0) is 11.3 Å². The van der Waals surface area contributed by atoms with Crippen LogP contribution in [0.1, 0.15) is 36.6 Å². The molecule has 118 valence electrons. The number of amides is 1. The van der Waals surface area contributed by atoms with Crippen molar-refractivity contribution in [2.75, 3.05) is 26.3 Å². The molecule has 0 atom stereocenters. The van der Waals surface area contributed by atoms with Crippen molar-refractivity contribution in [1.29, 1.82) is 0 Å². The highest BCUT2D eigenvalue weighted by atomic mass is 16.5. The molecule has 1 amide bonds. The van der Waals surface area contributed by atoms with E-state index in [4.69, 9.17) is 14.9 Å². The zero-order valence-corrected chi connectivity index (χ0v) is 12.6. The van der Waals surface area contributed by atoms with E-state index in [1.54, 1.807) is 12.1 Å². The molecule has 0 unspecified atom stereocenters. The molecule has 1 heterocycles. The van der Waals surface area contributed by atoms with Gasteiger partial charge < -0.3 is 25.5 Å². The minimum Gasteiger partial charge on any atom is -0.454 e. The van der Waals surface area contributed by atoms with Crippen molar-refractivity contribution < 1.29 is 13.9 Å². The number of carbonyl (C=O) groups is 1. The zero-order valence-electron chi connectivity index (χ0n) is 12.6. The fourth-order valence-corrected chi connectivity index (χ4v) is 1.62. The van der Waals surface area contributed by atoms with Gasteiger partial charge in [0.1, 0.15) is 12.3 Å². The lowest BCUT2D eigenvalue weighted by molar-refractivity contribution is 0.0972. The molecule has 1 rings (SSSR count). The summed E-state index contributed by atoms with van der Waals surface area (Å²) in [5.41, 5.74) is 5.13. The number of nitrogens with two attached hydrogens (primary N) is 1. The van der Waals surface area contributed by atoms with E-state index in [1.807, 2.05) is 13.8 Å². The number of rotatable bonds is 9. The average molecular weight is 296 g/mol. The Kier molecular flexibility index (Phi) is 7.96. The second kappa shape index (κ2) is 9.82. The summed E-state index contributed by atoms with van der Waals surface area (Å²) in [5.74, 6) is 0.863. The van der Waals surface area contributed by atoms with E-state index < -0.39 is 5.91 Å². The third-order valence-electron chi connectivity index (χ3n) is 2.60. The van der Waals surface area contributed by atoms with Gasteiger partial charge in [-0.25, -0.2) is 4.99 Å². The molecule has 1 aromatic heterocycles. The van der Waals surface area contributed by atoms with E-state index in [-0.39, 0.29) is 5.76 Å². The fourth-order valence-electron chi connectivity index (χ4n) is 1.62. The largest absolute Gasteiger partial charge is 0.454 e. The SMILES string of the molecule is CCNC(=NCc1ccc(C(N)=O)o1)NCCCOCC. The molecule has 0 saturated heterocycles. The summed E-state index contributed by atoms with van der Waals surface area (Å²) in [6, 6.07) is 3.25. The Balaban J connectivity index is 2.44. The van der Waals surface area contributed by atoms with Crippen molar-refractivity contribution in [3.05, 3.63) is 23.7 Å². The summed E-state index contributed by atoms with van der Waals surface area (Å²) >= 11 is 0. The van der Waals surface area contributed by atoms with Crippen LogP contribution in [0.15, 0.2) is 21.5 Å². The maximum Gasteiger partial charge on any atom is 0.284 e. The van der Waals surface area contributed by atoms with Crippen LogP contribution < -0.4 is 16.4 Å². The van der Waals surface area contributed by atoms with E-state index in [2.05, 4.69) is 15.6 Å². The summed E-state index contributed by atoms with van der Waals surface area (Å²) in [5, 5.41) is 6.34. The molecule has 7 nitrogen and oxygen atoms in total. The number of ether oxygens (including phenoxy) is 1. The number of carbonyl (C=O) groups excluding carboxylic acids is 1. The van der Waals surface area contributed by atoms with E-state index >= 15 is 0 Å².